The molecule has 0 spiro atoms. The van der Waals surface area contributed by atoms with Gasteiger partial charge in [-0.15, -0.1) is 0 Å². The average Bonchev–Trinajstić information content (AvgIpc) is 2.87. The van der Waals surface area contributed by atoms with Gasteiger partial charge >= 0.3 is 0 Å². The van der Waals surface area contributed by atoms with E-state index in [1.54, 1.807) is 0 Å². The summed E-state index contributed by atoms with van der Waals surface area (Å²) in [7, 11) is -3.22. The van der Waals surface area contributed by atoms with Crippen LogP contribution in [0.1, 0.15) is 51.4 Å². The molecule has 94 valence electrons. The van der Waals surface area contributed by atoms with Crippen molar-refractivity contribution in [2.75, 3.05) is 6.61 Å². The number of hydrogen-bond donors (Lipinski definition) is 2. The highest BCUT2D eigenvalue weighted by molar-refractivity contribution is 7.90. The van der Waals surface area contributed by atoms with Crippen molar-refractivity contribution in [2.24, 2.45) is 0 Å². The molecule has 0 amide bonds. The van der Waals surface area contributed by atoms with Crippen LogP contribution in [0.15, 0.2) is 0 Å². The standard InChI is InChI=1S/C11H21NO3S/c13-9-11(7-3-4-8-11)12-16(14,15)10-5-1-2-6-10/h10,12-13H,1-9H2. The molecule has 4 nitrogen and oxygen atoms in total. The fourth-order valence-corrected chi connectivity index (χ4v) is 4.92. The van der Waals surface area contributed by atoms with Crippen molar-refractivity contribution >= 4 is 10.0 Å². The zero-order valence-electron chi connectivity index (χ0n) is 9.61. The van der Waals surface area contributed by atoms with E-state index in [9.17, 15) is 13.5 Å². The molecule has 5 heteroatoms. The van der Waals surface area contributed by atoms with Gasteiger partial charge in [-0.1, -0.05) is 25.7 Å². The van der Waals surface area contributed by atoms with Crippen molar-refractivity contribution in [1.29, 1.82) is 0 Å². The summed E-state index contributed by atoms with van der Waals surface area (Å²) in [6.07, 6.45) is 7.13. The largest absolute Gasteiger partial charge is 0.394 e. The predicted octanol–water partition coefficient (Wildman–Crippen LogP) is 1.15. The smallest absolute Gasteiger partial charge is 0.215 e. The number of rotatable bonds is 4. The Labute approximate surface area is 97.5 Å². The van der Waals surface area contributed by atoms with E-state index in [-0.39, 0.29) is 11.9 Å². The molecule has 0 saturated heterocycles. The Morgan fingerprint density at radius 1 is 1.12 bits per heavy atom. The van der Waals surface area contributed by atoms with Gasteiger partial charge in [0.05, 0.1) is 17.4 Å². The van der Waals surface area contributed by atoms with Gasteiger partial charge in [-0.05, 0) is 25.7 Å². The van der Waals surface area contributed by atoms with Gasteiger partial charge < -0.3 is 5.11 Å². The first-order valence-corrected chi connectivity index (χ1v) is 7.76. The van der Waals surface area contributed by atoms with Gasteiger partial charge in [0, 0.05) is 0 Å². The third-order valence-electron chi connectivity index (χ3n) is 3.96. The first-order chi connectivity index (χ1) is 7.58. The maximum atomic E-state index is 12.1. The maximum absolute atomic E-state index is 12.1. The Morgan fingerprint density at radius 3 is 2.19 bits per heavy atom. The molecular weight excluding hydrogens is 226 g/mol. The van der Waals surface area contributed by atoms with Crippen LogP contribution in [0.3, 0.4) is 0 Å². The Kier molecular flexibility index (Phi) is 3.56. The molecule has 0 aromatic rings. The minimum Gasteiger partial charge on any atom is -0.394 e. The first-order valence-electron chi connectivity index (χ1n) is 6.22. The molecule has 16 heavy (non-hydrogen) atoms. The van der Waals surface area contributed by atoms with Gasteiger partial charge in [-0.3, -0.25) is 0 Å². The Bertz CT molecular complexity index is 327. The Hall–Kier alpha value is -0.130. The van der Waals surface area contributed by atoms with Gasteiger partial charge in [-0.2, -0.15) is 0 Å². The van der Waals surface area contributed by atoms with E-state index in [0.717, 1.165) is 51.4 Å². The fraction of sp³-hybridized carbons (Fsp3) is 1.00. The van der Waals surface area contributed by atoms with Crippen LogP contribution in [0.25, 0.3) is 0 Å². The average molecular weight is 247 g/mol. The zero-order chi connectivity index (χ0) is 11.6. The van der Waals surface area contributed by atoms with Crippen LogP contribution in [0.2, 0.25) is 0 Å². The molecule has 2 fully saturated rings. The van der Waals surface area contributed by atoms with Gasteiger partial charge in [0.15, 0.2) is 0 Å². The van der Waals surface area contributed by atoms with Crippen molar-refractivity contribution < 1.29 is 13.5 Å². The lowest BCUT2D eigenvalue weighted by Gasteiger charge is -2.29. The summed E-state index contributed by atoms with van der Waals surface area (Å²) in [5.41, 5.74) is -0.554. The predicted molar refractivity (Wildman–Crippen MR) is 62.6 cm³/mol. The lowest BCUT2D eigenvalue weighted by Crippen LogP contribution is -2.51. The van der Waals surface area contributed by atoms with E-state index in [0.29, 0.717) is 0 Å². The highest BCUT2D eigenvalue weighted by Crippen LogP contribution is 2.32. The molecule has 2 aliphatic rings. The van der Waals surface area contributed by atoms with E-state index in [2.05, 4.69) is 4.72 Å². The molecule has 0 aromatic carbocycles. The second kappa shape index (κ2) is 4.63. The summed E-state index contributed by atoms with van der Waals surface area (Å²) in [6.45, 7) is -0.0705. The summed E-state index contributed by atoms with van der Waals surface area (Å²) in [4.78, 5) is 0. The third-order valence-corrected chi connectivity index (χ3v) is 6.03. The summed E-state index contributed by atoms with van der Waals surface area (Å²) >= 11 is 0. The minimum absolute atomic E-state index is 0.0705. The summed E-state index contributed by atoms with van der Waals surface area (Å²) in [5, 5.41) is 9.17. The lowest BCUT2D eigenvalue weighted by molar-refractivity contribution is 0.185. The normalized spacial score (nSPS) is 26.3. The van der Waals surface area contributed by atoms with Crippen molar-refractivity contribution in [3.63, 3.8) is 0 Å². The van der Waals surface area contributed by atoms with Gasteiger partial charge in [0.25, 0.3) is 0 Å². The number of sulfonamides is 1. The highest BCUT2D eigenvalue weighted by atomic mass is 32.2. The molecule has 0 aromatic heterocycles. The van der Waals surface area contributed by atoms with E-state index in [1.165, 1.54) is 0 Å². The summed E-state index contributed by atoms with van der Waals surface area (Å²) in [5.74, 6) is 0. The van der Waals surface area contributed by atoms with Crippen LogP contribution in [-0.4, -0.2) is 30.9 Å². The first kappa shape index (κ1) is 12.3. The topological polar surface area (TPSA) is 66.4 Å². The second-order valence-electron chi connectivity index (χ2n) is 5.20. The SMILES string of the molecule is O=S(=O)(NC1(CO)CCCC1)C1CCCC1. The summed E-state index contributed by atoms with van der Waals surface area (Å²) in [6, 6.07) is 0. The lowest BCUT2D eigenvalue weighted by atomic mass is 10.0. The molecule has 0 atom stereocenters. The molecule has 2 aliphatic carbocycles. The van der Waals surface area contributed by atoms with Gasteiger partial charge in [0.2, 0.25) is 10.0 Å². The van der Waals surface area contributed by atoms with Crippen molar-refractivity contribution in [1.82, 2.24) is 4.72 Å². The van der Waals surface area contributed by atoms with Crippen LogP contribution >= 0.6 is 0 Å². The minimum atomic E-state index is -3.22. The molecule has 2 rings (SSSR count). The van der Waals surface area contributed by atoms with Crippen molar-refractivity contribution in [2.45, 2.75) is 62.2 Å². The number of nitrogens with one attached hydrogen (secondary N) is 1. The van der Waals surface area contributed by atoms with Gasteiger partial charge in [0.1, 0.15) is 0 Å². The van der Waals surface area contributed by atoms with Crippen LogP contribution in [0.4, 0.5) is 0 Å². The molecule has 0 unspecified atom stereocenters. The summed E-state index contributed by atoms with van der Waals surface area (Å²) < 4.78 is 27.0. The molecule has 0 bridgehead atoms. The molecule has 0 radical (unpaired) electrons. The molecule has 2 N–H and O–H groups in total. The number of hydrogen-bond acceptors (Lipinski definition) is 3. The zero-order valence-corrected chi connectivity index (χ0v) is 10.4. The fourth-order valence-electron chi connectivity index (χ4n) is 2.93. The monoisotopic (exact) mass is 247 g/mol. The van der Waals surface area contributed by atoms with Gasteiger partial charge in [-0.25, -0.2) is 13.1 Å². The van der Waals surface area contributed by atoms with E-state index < -0.39 is 15.6 Å². The van der Waals surface area contributed by atoms with Crippen molar-refractivity contribution in [3.8, 4) is 0 Å². The molecule has 2 saturated carbocycles. The van der Waals surface area contributed by atoms with Crippen LogP contribution in [-0.2, 0) is 10.0 Å². The molecule has 0 aliphatic heterocycles. The van der Waals surface area contributed by atoms with Crippen LogP contribution < -0.4 is 4.72 Å². The van der Waals surface area contributed by atoms with E-state index in [1.807, 2.05) is 0 Å². The van der Waals surface area contributed by atoms with E-state index in [4.69, 9.17) is 0 Å². The number of aliphatic hydroxyl groups excluding tert-OH is 1. The Balaban J connectivity index is 2.06. The Morgan fingerprint density at radius 2 is 1.69 bits per heavy atom. The molecular formula is C11H21NO3S. The second-order valence-corrected chi connectivity index (χ2v) is 7.16. The quantitative estimate of drug-likeness (QED) is 0.783. The molecule has 0 heterocycles. The van der Waals surface area contributed by atoms with Crippen molar-refractivity contribution in [3.05, 3.63) is 0 Å². The van der Waals surface area contributed by atoms with Crippen LogP contribution in [0, 0.1) is 0 Å². The third kappa shape index (κ3) is 2.41. The van der Waals surface area contributed by atoms with E-state index >= 15 is 0 Å². The maximum Gasteiger partial charge on any atom is 0.215 e. The van der Waals surface area contributed by atoms with Crippen LogP contribution in [0.5, 0.6) is 0 Å². The number of aliphatic hydroxyl groups is 1. The highest BCUT2D eigenvalue weighted by Gasteiger charge is 2.40.